The summed E-state index contributed by atoms with van der Waals surface area (Å²) in [5.41, 5.74) is 1.21. The van der Waals surface area contributed by atoms with E-state index in [1.807, 2.05) is 6.07 Å². The normalized spacial score (nSPS) is 13.6. The lowest BCUT2D eigenvalue weighted by Crippen LogP contribution is -2.33. The molecular formula is C17H21FN6O. The van der Waals surface area contributed by atoms with Gasteiger partial charge in [0.1, 0.15) is 5.82 Å². The predicted molar refractivity (Wildman–Crippen MR) is 95.4 cm³/mol. The van der Waals surface area contributed by atoms with Gasteiger partial charge >= 0.3 is 6.03 Å². The van der Waals surface area contributed by atoms with Crippen molar-refractivity contribution in [2.24, 2.45) is 0 Å². The number of nitrogens with one attached hydrogen (secondary N) is 3. The van der Waals surface area contributed by atoms with Crippen molar-refractivity contribution in [2.75, 3.05) is 41.7 Å². The summed E-state index contributed by atoms with van der Waals surface area (Å²) in [6, 6.07) is 7.53. The first-order valence-corrected chi connectivity index (χ1v) is 8.33. The van der Waals surface area contributed by atoms with E-state index in [2.05, 4.69) is 31.0 Å². The van der Waals surface area contributed by atoms with E-state index >= 15 is 0 Å². The van der Waals surface area contributed by atoms with Gasteiger partial charge in [0, 0.05) is 32.2 Å². The Labute approximate surface area is 145 Å². The second-order valence-electron chi connectivity index (χ2n) is 5.78. The fourth-order valence-electron chi connectivity index (χ4n) is 2.69. The molecular weight excluding hydrogens is 323 g/mol. The molecule has 1 fully saturated rings. The zero-order valence-electron chi connectivity index (χ0n) is 13.8. The lowest BCUT2D eigenvalue weighted by molar-refractivity contribution is 0.252. The minimum atomic E-state index is -0.468. The van der Waals surface area contributed by atoms with E-state index in [1.165, 1.54) is 25.0 Å². The van der Waals surface area contributed by atoms with Crippen molar-refractivity contribution in [2.45, 2.75) is 12.8 Å². The molecule has 0 radical (unpaired) electrons. The molecule has 1 aromatic carbocycles. The van der Waals surface area contributed by atoms with E-state index in [1.54, 1.807) is 18.3 Å². The molecule has 2 heterocycles. The molecule has 25 heavy (non-hydrogen) atoms. The quantitative estimate of drug-likeness (QED) is 0.701. The van der Waals surface area contributed by atoms with Crippen LogP contribution in [0.15, 0.2) is 36.5 Å². The number of carbonyl (C=O) groups is 1. The summed E-state index contributed by atoms with van der Waals surface area (Å²) in [4.78, 5) is 14.0. The molecule has 0 spiro atoms. The Kier molecular flexibility index (Phi) is 5.61. The molecule has 0 saturated carbocycles. The summed E-state index contributed by atoms with van der Waals surface area (Å²) < 4.78 is 13.5. The SMILES string of the molecule is O=C(NCCNc1cc(N2CCCC2)cnn1)Nc1ccccc1F. The van der Waals surface area contributed by atoms with Crippen LogP contribution in [0.2, 0.25) is 0 Å². The summed E-state index contributed by atoms with van der Waals surface area (Å²) >= 11 is 0. The number of hydrogen-bond acceptors (Lipinski definition) is 5. The van der Waals surface area contributed by atoms with Crippen LogP contribution in [0.5, 0.6) is 0 Å². The molecule has 2 aromatic rings. The maximum absolute atomic E-state index is 13.5. The van der Waals surface area contributed by atoms with Gasteiger partial charge in [-0.1, -0.05) is 12.1 Å². The molecule has 3 N–H and O–H groups in total. The van der Waals surface area contributed by atoms with E-state index in [0.29, 0.717) is 18.9 Å². The third-order valence-electron chi connectivity index (χ3n) is 3.95. The van der Waals surface area contributed by atoms with Crippen molar-refractivity contribution in [1.29, 1.82) is 0 Å². The summed E-state index contributed by atoms with van der Waals surface area (Å²) in [6.45, 7) is 2.95. The standard InChI is InChI=1S/C17H21FN6O/c18-14-5-1-2-6-15(14)22-17(25)20-8-7-19-16-11-13(12-21-23-16)24-9-3-4-10-24/h1-2,5-6,11-12H,3-4,7-10H2,(H,19,23)(H2,20,22,25). The van der Waals surface area contributed by atoms with E-state index in [-0.39, 0.29) is 5.69 Å². The zero-order valence-corrected chi connectivity index (χ0v) is 13.8. The van der Waals surface area contributed by atoms with Crippen LogP contribution in [0.4, 0.5) is 26.4 Å². The Morgan fingerprint density at radius 3 is 2.80 bits per heavy atom. The number of amides is 2. The third kappa shape index (κ3) is 4.79. The topological polar surface area (TPSA) is 82.2 Å². The smallest absolute Gasteiger partial charge is 0.319 e. The van der Waals surface area contributed by atoms with Gasteiger partial charge in [-0.15, -0.1) is 5.10 Å². The number of para-hydroxylation sites is 1. The molecule has 1 aromatic heterocycles. The third-order valence-corrected chi connectivity index (χ3v) is 3.95. The number of rotatable bonds is 6. The number of hydrogen-bond donors (Lipinski definition) is 3. The van der Waals surface area contributed by atoms with Crippen LogP contribution >= 0.6 is 0 Å². The summed E-state index contributed by atoms with van der Waals surface area (Å²) in [7, 11) is 0. The van der Waals surface area contributed by atoms with Gasteiger partial charge in [0.05, 0.1) is 17.6 Å². The fourth-order valence-corrected chi connectivity index (χ4v) is 2.69. The zero-order chi connectivity index (χ0) is 17.5. The Hall–Kier alpha value is -2.90. The van der Waals surface area contributed by atoms with Crippen molar-refractivity contribution in [1.82, 2.24) is 15.5 Å². The first-order valence-electron chi connectivity index (χ1n) is 8.33. The number of benzene rings is 1. The first kappa shape index (κ1) is 16.9. The van der Waals surface area contributed by atoms with Crippen LogP contribution in [-0.2, 0) is 0 Å². The Bertz CT molecular complexity index is 720. The fraction of sp³-hybridized carbons (Fsp3) is 0.353. The van der Waals surface area contributed by atoms with Crippen molar-refractivity contribution < 1.29 is 9.18 Å². The molecule has 0 unspecified atom stereocenters. The van der Waals surface area contributed by atoms with Crippen molar-refractivity contribution >= 4 is 23.2 Å². The molecule has 0 aliphatic carbocycles. The number of anilines is 3. The average molecular weight is 344 g/mol. The van der Waals surface area contributed by atoms with Gasteiger partial charge in [-0.25, -0.2) is 9.18 Å². The van der Waals surface area contributed by atoms with Crippen molar-refractivity contribution in [3.05, 3.63) is 42.3 Å². The molecule has 2 amide bonds. The monoisotopic (exact) mass is 344 g/mol. The largest absolute Gasteiger partial charge is 0.370 e. The van der Waals surface area contributed by atoms with Gasteiger partial charge in [-0.2, -0.15) is 5.10 Å². The highest BCUT2D eigenvalue weighted by Gasteiger charge is 2.13. The Morgan fingerprint density at radius 1 is 1.20 bits per heavy atom. The highest BCUT2D eigenvalue weighted by atomic mass is 19.1. The number of urea groups is 1. The molecule has 8 heteroatoms. The van der Waals surface area contributed by atoms with Crippen LogP contribution < -0.4 is 20.9 Å². The Morgan fingerprint density at radius 2 is 2.00 bits per heavy atom. The summed E-state index contributed by atoms with van der Waals surface area (Å²) in [5.74, 6) is 0.200. The minimum Gasteiger partial charge on any atom is -0.370 e. The predicted octanol–water partition coefficient (Wildman–Crippen LogP) is 2.45. The lowest BCUT2D eigenvalue weighted by Gasteiger charge is -2.17. The Balaban J connectivity index is 1.41. The van der Waals surface area contributed by atoms with E-state index < -0.39 is 11.8 Å². The van der Waals surface area contributed by atoms with Gasteiger partial charge in [0.25, 0.3) is 0 Å². The number of carbonyl (C=O) groups excluding carboxylic acids is 1. The van der Waals surface area contributed by atoms with Gasteiger partial charge in [0.2, 0.25) is 0 Å². The van der Waals surface area contributed by atoms with Crippen LogP contribution in [-0.4, -0.2) is 42.4 Å². The lowest BCUT2D eigenvalue weighted by atomic mass is 10.3. The van der Waals surface area contributed by atoms with E-state index in [0.717, 1.165) is 18.8 Å². The highest BCUT2D eigenvalue weighted by molar-refractivity contribution is 5.89. The van der Waals surface area contributed by atoms with Crippen LogP contribution in [0.25, 0.3) is 0 Å². The van der Waals surface area contributed by atoms with Crippen LogP contribution in [0, 0.1) is 5.82 Å². The number of aromatic nitrogens is 2. The molecule has 1 saturated heterocycles. The second kappa shape index (κ2) is 8.27. The molecule has 3 rings (SSSR count). The maximum Gasteiger partial charge on any atom is 0.319 e. The molecule has 132 valence electrons. The van der Waals surface area contributed by atoms with Gasteiger partial charge in [0.15, 0.2) is 5.82 Å². The van der Waals surface area contributed by atoms with E-state index in [9.17, 15) is 9.18 Å². The molecule has 1 aliphatic heterocycles. The molecule has 1 aliphatic rings. The minimum absolute atomic E-state index is 0.150. The van der Waals surface area contributed by atoms with Crippen LogP contribution in [0.3, 0.4) is 0 Å². The van der Waals surface area contributed by atoms with Crippen LogP contribution in [0.1, 0.15) is 12.8 Å². The summed E-state index contributed by atoms with van der Waals surface area (Å²) in [6.07, 6.45) is 4.16. The molecule has 7 nitrogen and oxygen atoms in total. The number of halogens is 1. The number of nitrogens with zero attached hydrogens (tertiary/aromatic N) is 3. The van der Waals surface area contributed by atoms with Crippen molar-refractivity contribution in [3.63, 3.8) is 0 Å². The average Bonchev–Trinajstić information content (AvgIpc) is 3.16. The highest BCUT2D eigenvalue weighted by Crippen LogP contribution is 2.20. The first-order chi connectivity index (χ1) is 12.2. The maximum atomic E-state index is 13.5. The van der Waals surface area contributed by atoms with Gasteiger partial charge in [-0.05, 0) is 25.0 Å². The molecule has 0 atom stereocenters. The van der Waals surface area contributed by atoms with Gasteiger partial charge < -0.3 is 20.9 Å². The summed E-state index contributed by atoms with van der Waals surface area (Å²) in [5, 5.41) is 16.3. The molecule has 0 bridgehead atoms. The van der Waals surface area contributed by atoms with Gasteiger partial charge in [-0.3, -0.25) is 0 Å². The second-order valence-corrected chi connectivity index (χ2v) is 5.78. The van der Waals surface area contributed by atoms with Crippen molar-refractivity contribution in [3.8, 4) is 0 Å². The van der Waals surface area contributed by atoms with E-state index in [4.69, 9.17) is 0 Å².